The van der Waals surface area contributed by atoms with Gasteiger partial charge in [0.25, 0.3) is 0 Å². The number of hydrogen-bond acceptors (Lipinski definition) is 3. The number of aromatic amines is 1. The third kappa shape index (κ3) is 6.29. The Balaban J connectivity index is 2.35. The van der Waals surface area contributed by atoms with Gasteiger partial charge >= 0.3 is 12.0 Å². The highest BCUT2D eigenvalue weighted by atomic mass is 16.4. The number of carboxylic acid groups (broad SMARTS) is 1. The van der Waals surface area contributed by atoms with E-state index in [0.29, 0.717) is 13.1 Å². The molecule has 118 valence electrons. The van der Waals surface area contributed by atoms with Crippen LogP contribution in [0.25, 0.3) is 0 Å². The smallest absolute Gasteiger partial charge is 0.323 e. The van der Waals surface area contributed by atoms with Gasteiger partial charge in [-0.1, -0.05) is 13.8 Å². The fraction of sp³-hybridized carbons (Fsp3) is 0.643. The Bertz CT molecular complexity index is 471. The highest BCUT2D eigenvalue weighted by molar-refractivity contribution is 5.80. The van der Waals surface area contributed by atoms with E-state index in [1.54, 1.807) is 6.20 Å². The Morgan fingerprint density at radius 3 is 2.71 bits per heavy atom. The lowest BCUT2D eigenvalue weighted by Gasteiger charge is -2.23. The van der Waals surface area contributed by atoms with Gasteiger partial charge in [0.2, 0.25) is 0 Å². The minimum absolute atomic E-state index is 0.226. The number of H-pyrrole nitrogens is 1. The van der Waals surface area contributed by atoms with Crippen LogP contribution in [0, 0.1) is 12.8 Å². The molecular weight excluding hydrogens is 272 g/mol. The van der Waals surface area contributed by atoms with Crippen molar-refractivity contribution in [2.24, 2.45) is 5.92 Å². The van der Waals surface area contributed by atoms with Crippen molar-refractivity contribution in [2.45, 2.75) is 33.6 Å². The monoisotopic (exact) mass is 296 g/mol. The molecule has 0 aliphatic rings. The fourth-order valence-corrected chi connectivity index (χ4v) is 2.04. The molecule has 1 rings (SSSR count). The predicted molar refractivity (Wildman–Crippen MR) is 79.1 cm³/mol. The van der Waals surface area contributed by atoms with Crippen molar-refractivity contribution in [2.75, 3.05) is 19.6 Å². The summed E-state index contributed by atoms with van der Waals surface area (Å²) in [6, 6.07) is -0.324. The van der Waals surface area contributed by atoms with Gasteiger partial charge in [-0.3, -0.25) is 9.89 Å². The zero-order valence-electron chi connectivity index (χ0n) is 12.8. The molecule has 2 amide bonds. The number of carboxylic acids is 1. The summed E-state index contributed by atoms with van der Waals surface area (Å²) in [6.07, 6.45) is 3.40. The number of aliphatic carboxylic acids is 1. The molecule has 0 fully saturated rings. The lowest BCUT2D eigenvalue weighted by molar-refractivity contribution is -0.137. The molecule has 0 spiro atoms. The van der Waals surface area contributed by atoms with Gasteiger partial charge in [-0.2, -0.15) is 5.10 Å². The van der Waals surface area contributed by atoms with Crippen LogP contribution >= 0.6 is 0 Å². The summed E-state index contributed by atoms with van der Waals surface area (Å²) < 4.78 is 0. The van der Waals surface area contributed by atoms with Crippen LogP contribution in [-0.4, -0.2) is 51.8 Å². The average molecular weight is 296 g/mol. The topological polar surface area (TPSA) is 98.3 Å². The van der Waals surface area contributed by atoms with Crippen molar-refractivity contribution in [3.05, 3.63) is 17.5 Å². The second-order valence-corrected chi connectivity index (χ2v) is 5.52. The summed E-state index contributed by atoms with van der Waals surface area (Å²) in [7, 11) is 0. The molecule has 1 aromatic rings. The second kappa shape index (κ2) is 8.28. The lowest BCUT2D eigenvalue weighted by Crippen LogP contribution is -2.44. The summed E-state index contributed by atoms with van der Waals surface area (Å²) in [4.78, 5) is 24.1. The normalized spacial score (nSPS) is 10.7. The van der Waals surface area contributed by atoms with Crippen LogP contribution in [0.15, 0.2) is 6.20 Å². The Morgan fingerprint density at radius 2 is 2.19 bits per heavy atom. The number of carbonyl (C=O) groups is 2. The number of hydrogen-bond donors (Lipinski definition) is 3. The van der Waals surface area contributed by atoms with E-state index in [4.69, 9.17) is 5.11 Å². The van der Waals surface area contributed by atoms with E-state index in [0.717, 1.165) is 24.1 Å². The quantitative estimate of drug-likeness (QED) is 0.631. The molecule has 0 saturated carbocycles. The van der Waals surface area contributed by atoms with Crippen molar-refractivity contribution < 1.29 is 14.7 Å². The summed E-state index contributed by atoms with van der Waals surface area (Å²) in [5.74, 6) is -0.775. The highest BCUT2D eigenvalue weighted by Gasteiger charge is 2.17. The Hall–Kier alpha value is -2.05. The maximum Gasteiger partial charge on any atom is 0.323 e. The first-order valence-electron chi connectivity index (χ1n) is 7.13. The molecule has 0 radical (unpaired) electrons. The van der Waals surface area contributed by atoms with E-state index in [-0.39, 0.29) is 18.5 Å². The zero-order valence-corrected chi connectivity index (χ0v) is 12.8. The highest BCUT2D eigenvalue weighted by Crippen LogP contribution is 2.05. The molecule has 7 heteroatoms. The van der Waals surface area contributed by atoms with Crippen LogP contribution < -0.4 is 5.32 Å². The van der Waals surface area contributed by atoms with Crippen molar-refractivity contribution in [1.29, 1.82) is 0 Å². The van der Waals surface area contributed by atoms with Gasteiger partial charge in [0.05, 0.1) is 6.20 Å². The van der Waals surface area contributed by atoms with Crippen molar-refractivity contribution in [1.82, 2.24) is 20.4 Å². The van der Waals surface area contributed by atoms with E-state index in [9.17, 15) is 9.59 Å². The molecular formula is C14H24N4O3. The summed E-state index contributed by atoms with van der Waals surface area (Å²) in [5, 5.41) is 18.4. The average Bonchev–Trinajstić information content (AvgIpc) is 2.78. The Morgan fingerprint density at radius 1 is 1.48 bits per heavy atom. The van der Waals surface area contributed by atoms with Crippen molar-refractivity contribution in [3.8, 4) is 0 Å². The number of aryl methyl sites for hydroxylation is 2. The molecule has 0 unspecified atom stereocenters. The van der Waals surface area contributed by atoms with Gasteiger partial charge < -0.3 is 15.3 Å². The molecule has 0 saturated heterocycles. The van der Waals surface area contributed by atoms with E-state index in [2.05, 4.69) is 15.5 Å². The second-order valence-electron chi connectivity index (χ2n) is 5.52. The summed E-state index contributed by atoms with van der Waals surface area (Å²) in [6.45, 7) is 6.52. The maximum absolute atomic E-state index is 12.0. The van der Waals surface area contributed by atoms with E-state index in [1.807, 2.05) is 20.8 Å². The molecule has 1 aromatic heterocycles. The maximum atomic E-state index is 12.0. The van der Waals surface area contributed by atoms with Gasteiger partial charge in [0.15, 0.2) is 0 Å². The minimum atomic E-state index is -1.00. The SMILES string of the molecule is Cc1[nH]ncc1CCCNC(=O)N(CC(=O)O)CC(C)C. The van der Waals surface area contributed by atoms with Crippen LogP contribution in [0.2, 0.25) is 0 Å². The molecule has 3 N–H and O–H groups in total. The number of urea groups is 1. The van der Waals surface area contributed by atoms with E-state index < -0.39 is 5.97 Å². The lowest BCUT2D eigenvalue weighted by atomic mass is 10.1. The van der Waals surface area contributed by atoms with Gasteiger partial charge in [-0.25, -0.2) is 4.79 Å². The minimum Gasteiger partial charge on any atom is -0.480 e. The summed E-state index contributed by atoms with van der Waals surface area (Å²) in [5.41, 5.74) is 2.17. The standard InChI is InChI=1S/C14H24N4O3/c1-10(2)8-18(9-13(19)20)14(21)15-6-4-5-12-7-16-17-11(12)3/h7,10H,4-6,8-9H2,1-3H3,(H,15,21)(H,16,17)(H,19,20). The molecule has 0 aliphatic carbocycles. The number of nitrogens with one attached hydrogen (secondary N) is 2. The van der Waals surface area contributed by atoms with E-state index in [1.165, 1.54) is 4.90 Å². The van der Waals surface area contributed by atoms with Gasteiger partial charge in [-0.05, 0) is 31.2 Å². The summed E-state index contributed by atoms with van der Waals surface area (Å²) >= 11 is 0. The Kier molecular flexibility index (Phi) is 6.71. The number of carbonyl (C=O) groups excluding carboxylic acids is 1. The first kappa shape index (κ1) is 17.0. The number of rotatable bonds is 8. The first-order valence-corrected chi connectivity index (χ1v) is 7.13. The third-order valence-electron chi connectivity index (χ3n) is 3.03. The number of nitrogens with zero attached hydrogens (tertiary/aromatic N) is 2. The number of amides is 2. The molecule has 1 heterocycles. The largest absolute Gasteiger partial charge is 0.480 e. The molecule has 0 atom stereocenters. The molecule has 0 aliphatic heterocycles. The fourth-order valence-electron chi connectivity index (χ4n) is 2.04. The Labute approximate surface area is 124 Å². The number of aromatic nitrogens is 2. The van der Waals surface area contributed by atoms with E-state index >= 15 is 0 Å². The van der Waals surface area contributed by atoms with Crippen LogP contribution in [0.5, 0.6) is 0 Å². The van der Waals surface area contributed by atoms with Crippen LogP contribution in [0.4, 0.5) is 4.79 Å². The molecule has 7 nitrogen and oxygen atoms in total. The van der Waals surface area contributed by atoms with Crippen LogP contribution in [-0.2, 0) is 11.2 Å². The predicted octanol–water partition coefficient (Wildman–Crippen LogP) is 1.40. The van der Waals surface area contributed by atoms with Crippen molar-refractivity contribution in [3.63, 3.8) is 0 Å². The van der Waals surface area contributed by atoms with Crippen LogP contribution in [0.1, 0.15) is 31.5 Å². The van der Waals surface area contributed by atoms with Gasteiger partial charge in [0.1, 0.15) is 6.54 Å². The molecule has 0 aromatic carbocycles. The third-order valence-corrected chi connectivity index (χ3v) is 3.03. The van der Waals surface area contributed by atoms with Crippen LogP contribution in [0.3, 0.4) is 0 Å². The first-order chi connectivity index (χ1) is 9.90. The van der Waals surface area contributed by atoms with Gasteiger partial charge in [-0.15, -0.1) is 0 Å². The zero-order chi connectivity index (χ0) is 15.8. The molecule has 21 heavy (non-hydrogen) atoms. The van der Waals surface area contributed by atoms with Crippen molar-refractivity contribution >= 4 is 12.0 Å². The van der Waals surface area contributed by atoms with Gasteiger partial charge in [0, 0.05) is 18.8 Å². The molecule has 0 bridgehead atoms.